The molecule has 1 heterocycles. The van der Waals surface area contributed by atoms with Gasteiger partial charge >= 0.3 is 0 Å². The molecule has 98 valence electrons. The van der Waals surface area contributed by atoms with Crippen LogP contribution in [-0.4, -0.2) is 36.5 Å². The largest absolute Gasteiger partial charge is 0.326 e. The Kier molecular flexibility index (Phi) is 4.45. The van der Waals surface area contributed by atoms with E-state index in [1.807, 2.05) is 4.90 Å². The number of halogens is 2. The van der Waals surface area contributed by atoms with Crippen molar-refractivity contribution in [2.75, 3.05) is 25.0 Å². The molecule has 0 bridgehead atoms. The summed E-state index contributed by atoms with van der Waals surface area (Å²) in [6.07, 6.45) is 0.944. The molecule has 3 N–H and O–H groups in total. The van der Waals surface area contributed by atoms with Crippen LogP contribution in [0.1, 0.15) is 6.42 Å². The summed E-state index contributed by atoms with van der Waals surface area (Å²) in [7, 11) is 0. The molecule has 1 atom stereocenters. The van der Waals surface area contributed by atoms with Crippen molar-refractivity contribution in [1.29, 1.82) is 0 Å². The van der Waals surface area contributed by atoms with Crippen molar-refractivity contribution in [3.8, 4) is 0 Å². The van der Waals surface area contributed by atoms with Crippen molar-refractivity contribution in [2.45, 2.75) is 12.5 Å². The normalized spacial score (nSPS) is 20.1. The van der Waals surface area contributed by atoms with Crippen LogP contribution in [0.2, 0.25) is 10.0 Å². The van der Waals surface area contributed by atoms with E-state index in [4.69, 9.17) is 28.9 Å². The van der Waals surface area contributed by atoms with Gasteiger partial charge in [-0.2, -0.15) is 0 Å². The lowest BCUT2D eigenvalue weighted by molar-refractivity contribution is -0.117. The fraction of sp³-hybridized carbons (Fsp3) is 0.417. The number of benzene rings is 1. The molecule has 1 aromatic rings. The van der Waals surface area contributed by atoms with Gasteiger partial charge in [0.2, 0.25) is 5.91 Å². The van der Waals surface area contributed by atoms with Gasteiger partial charge in [0.1, 0.15) is 0 Å². The average molecular weight is 288 g/mol. The van der Waals surface area contributed by atoms with Gasteiger partial charge in [-0.15, -0.1) is 0 Å². The summed E-state index contributed by atoms with van der Waals surface area (Å²) in [6, 6.07) is 5.20. The summed E-state index contributed by atoms with van der Waals surface area (Å²) in [5, 5.41) is 3.69. The second-order valence-electron chi connectivity index (χ2n) is 4.46. The SMILES string of the molecule is N[C@H]1CCN(CC(=O)Nc2ccc(Cl)c(Cl)c2)C1. The van der Waals surface area contributed by atoms with Gasteiger partial charge < -0.3 is 11.1 Å². The molecule has 1 amide bonds. The number of nitrogens with one attached hydrogen (secondary N) is 1. The number of hydrogen-bond donors (Lipinski definition) is 2. The third kappa shape index (κ3) is 3.59. The van der Waals surface area contributed by atoms with Crippen molar-refractivity contribution < 1.29 is 4.79 Å². The molecule has 0 radical (unpaired) electrons. The lowest BCUT2D eigenvalue weighted by Gasteiger charge is -2.14. The Morgan fingerprint density at radius 1 is 1.44 bits per heavy atom. The average Bonchev–Trinajstić information content (AvgIpc) is 2.69. The predicted molar refractivity (Wildman–Crippen MR) is 74.1 cm³/mol. The molecule has 18 heavy (non-hydrogen) atoms. The molecule has 2 rings (SSSR count). The number of carbonyl (C=O) groups excluding carboxylic acids is 1. The zero-order valence-electron chi connectivity index (χ0n) is 9.83. The first-order valence-electron chi connectivity index (χ1n) is 5.77. The summed E-state index contributed by atoms with van der Waals surface area (Å²) in [4.78, 5) is 13.8. The highest BCUT2D eigenvalue weighted by molar-refractivity contribution is 6.42. The molecule has 0 aromatic heterocycles. The molecule has 1 fully saturated rings. The first-order valence-corrected chi connectivity index (χ1v) is 6.53. The number of hydrogen-bond acceptors (Lipinski definition) is 3. The topological polar surface area (TPSA) is 58.4 Å². The van der Waals surface area contributed by atoms with Crippen molar-refractivity contribution >= 4 is 34.8 Å². The van der Waals surface area contributed by atoms with Crippen molar-refractivity contribution in [3.63, 3.8) is 0 Å². The van der Waals surface area contributed by atoms with Crippen LogP contribution in [-0.2, 0) is 4.79 Å². The number of anilines is 1. The van der Waals surface area contributed by atoms with Crippen molar-refractivity contribution in [2.24, 2.45) is 5.73 Å². The van der Waals surface area contributed by atoms with Gasteiger partial charge in [-0.3, -0.25) is 9.69 Å². The number of nitrogens with two attached hydrogens (primary N) is 1. The Morgan fingerprint density at radius 3 is 2.83 bits per heavy atom. The smallest absolute Gasteiger partial charge is 0.238 e. The van der Waals surface area contributed by atoms with Crippen LogP contribution in [0.25, 0.3) is 0 Å². The highest BCUT2D eigenvalue weighted by atomic mass is 35.5. The van der Waals surface area contributed by atoms with Crippen molar-refractivity contribution in [3.05, 3.63) is 28.2 Å². The molecule has 0 unspecified atom stereocenters. The molecule has 1 aliphatic rings. The molecule has 0 spiro atoms. The zero-order chi connectivity index (χ0) is 13.1. The number of likely N-dealkylation sites (tertiary alicyclic amines) is 1. The van der Waals surface area contributed by atoms with Gasteiger partial charge in [0.05, 0.1) is 16.6 Å². The Labute approximate surface area is 116 Å². The zero-order valence-corrected chi connectivity index (χ0v) is 11.3. The Hall–Kier alpha value is -0.810. The monoisotopic (exact) mass is 287 g/mol. The first-order chi connectivity index (χ1) is 8.54. The van der Waals surface area contributed by atoms with E-state index >= 15 is 0 Å². The summed E-state index contributed by atoms with van der Waals surface area (Å²) < 4.78 is 0. The van der Waals surface area contributed by atoms with Gasteiger partial charge in [0.25, 0.3) is 0 Å². The van der Waals surface area contributed by atoms with Crippen LogP contribution >= 0.6 is 23.2 Å². The van der Waals surface area contributed by atoms with Crippen LogP contribution < -0.4 is 11.1 Å². The van der Waals surface area contributed by atoms with E-state index in [2.05, 4.69) is 5.32 Å². The lowest BCUT2D eigenvalue weighted by atomic mass is 10.3. The minimum absolute atomic E-state index is 0.0671. The fourth-order valence-corrected chi connectivity index (χ4v) is 2.28. The molecule has 0 aliphatic carbocycles. The summed E-state index contributed by atoms with van der Waals surface area (Å²) in [5.41, 5.74) is 6.44. The van der Waals surface area contributed by atoms with E-state index in [-0.39, 0.29) is 11.9 Å². The highest BCUT2D eigenvalue weighted by Gasteiger charge is 2.20. The van der Waals surface area contributed by atoms with Crippen LogP contribution in [0.5, 0.6) is 0 Å². The first kappa shape index (κ1) is 13.6. The second kappa shape index (κ2) is 5.89. The van der Waals surface area contributed by atoms with E-state index in [1.165, 1.54) is 0 Å². The lowest BCUT2D eigenvalue weighted by Crippen LogP contribution is -2.33. The molecular weight excluding hydrogens is 273 g/mol. The third-order valence-electron chi connectivity index (χ3n) is 2.88. The fourth-order valence-electron chi connectivity index (χ4n) is 1.98. The third-order valence-corrected chi connectivity index (χ3v) is 3.62. The number of nitrogens with zero attached hydrogens (tertiary/aromatic N) is 1. The summed E-state index contributed by atoms with van der Waals surface area (Å²) in [5.74, 6) is -0.0671. The van der Waals surface area contributed by atoms with Gasteiger partial charge in [-0.1, -0.05) is 23.2 Å². The maximum absolute atomic E-state index is 11.8. The Balaban J connectivity index is 1.89. The maximum Gasteiger partial charge on any atom is 0.238 e. The minimum atomic E-state index is -0.0671. The minimum Gasteiger partial charge on any atom is -0.326 e. The van der Waals surface area contributed by atoms with Gasteiger partial charge in [-0.25, -0.2) is 0 Å². The van der Waals surface area contributed by atoms with Crippen LogP contribution in [0, 0.1) is 0 Å². The Morgan fingerprint density at radius 2 is 2.22 bits per heavy atom. The molecule has 0 saturated carbocycles. The maximum atomic E-state index is 11.8. The number of amides is 1. The second-order valence-corrected chi connectivity index (χ2v) is 5.28. The van der Waals surface area contributed by atoms with E-state index in [0.717, 1.165) is 19.5 Å². The summed E-state index contributed by atoms with van der Waals surface area (Å²) >= 11 is 11.7. The van der Waals surface area contributed by atoms with Crippen LogP contribution in [0.4, 0.5) is 5.69 Å². The van der Waals surface area contributed by atoms with Crippen molar-refractivity contribution in [1.82, 2.24) is 4.90 Å². The number of carbonyl (C=O) groups is 1. The molecule has 6 heteroatoms. The van der Waals surface area contributed by atoms with Gasteiger partial charge in [-0.05, 0) is 24.6 Å². The highest BCUT2D eigenvalue weighted by Crippen LogP contribution is 2.24. The van der Waals surface area contributed by atoms with E-state index in [0.29, 0.717) is 22.3 Å². The quantitative estimate of drug-likeness (QED) is 0.894. The van der Waals surface area contributed by atoms with Gasteiger partial charge in [0, 0.05) is 24.8 Å². The summed E-state index contributed by atoms with van der Waals surface area (Å²) in [6.45, 7) is 2.00. The molecule has 1 saturated heterocycles. The predicted octanol–water partition coefficient (Wildman–Crippen LogP) is 1.96. The van der Waals surface area contributed by atoms with E-state index < -0.39 is 0 Å². The number of rotatable bonds is 3. The Bertz CT molecular complexity index is 453. The van der Waals surface area contributed by atoms with E-state index in [1.54, 1.807) is 18.2 Å². The molecule has 1 aliphatic heterocycles. The van der Waals surface area contributed by atoms with Crippen LogP contribution in [0.15, 0.2) is 18.2 Å². The van der Waals surface area contributed by atoms with Gasteiger partial charge in [0.15, 0.2) is 0 Å². The molecule has 1 aromatic carbocycles. The standard InChI is InChI=1S/C12H15Cl2N3O/c13-10-2-1-9(5-11(10)14)16-12(18)7-17-4-3-8(15)6-17/h1-2,5,8H,3-4,6-7,15H2,(H,16,18)/t8-/m0/s1. The van der Waals surface area contributed by atoms with E-state index in [9.17, 15) is 4.79 Å². The van der Waals surface area contributed by atoms with Crippen LogP contribution in [0.3, 0.4) is 0 Å². The molecular formula is C12H15Cl2N3O. The molecule has 4 nitrogen and oxygen atoms in total.